The lowest BCUT2D eigenvalue weighted by Gasteiger charge is -2.32. The van der Waals surface area contributed by atoms with E-state index in [0.717, 1.165) is 17.9 Å². The summed E-state index contributed by atoms with van der Waals surface area (Å²) in [7, 11) is 3.72. The van der Waals surface area contributed by atoms with Gasteiger partial charge in [-0.05, 0) is 50.0 Å². The number of rotatable bonds is 4. The minimum absolute atomic E-state index is 0.00452. The quantitative estimate of drug-likeness (QED) is 0.697. The molecule has 2 aromatic rings. The summed E-state index contributed by atoms with van der Waals surface area (Å²) in [6, 6.07) is 5.48. The molecule has 0 saturated carbocycles. The summed E-state index contributed by atoms with van der Waals surface area (Å²) in [4.78, 5) is 21.8. The molecule has 158 valence electrons. The van der Waals surface area contributed by atoms with E-state index in [1.807, 2.05) is 0 Å². The molecule has 1 atom stereocenters. The van der Waals surface area contributed by atoms with Crippen molar-refractivity contribution in [3.8, 4) is 5.75 Å². The second-order valence-electron chi connectivity index (χ2n) is 8.67. The van der Waals surface area contributed by atoms with Crippen molar-refractivity contribution in [2.45, 2.75) is 58.0 Å². The topological polar surface area (TPSA) is 46.8 Å². The number of carbonyl (C=O) groups excluding carboxylic acids is 1. The lowest BCUT2D eigenvalue weighted by molar-refractivity contribution is 0.0994. The maximum atomic E-state index is 13.0. The lowest BCUT2D eigenvalue weighted by Crippen LogP contribution is -2.40. The van der Waals surface area contributed by atoms with Crippen LogP contribution in [0.4, 0.5) is 0 Å². The molecule has 0 radical (unpaired) electrons. The molecule has 29 heavy (non-hydrogen) atoms. The van der Waals surface area contributed by atoms with Crippen LogP contribution in [0, 0.1) is 0 Å². The van der Waals surface area contributed by atoms with Crippen molar-refractivity contribution < 1.29 is 9.53 Å². The van der Waals surface area contributed by atoms with Gasteiger partial charge < -0.3 is 14.2 Å². The summed E-state index contributed by atoms with van der Waals surface area (Å²) < 4.78 is 7.48. The molecule has 1 aliphatic heterocycles. The SMILES string of the molecule is COc1ccc(Cl)cc1C(=O)N=c1sc(C(C)(C)C)cn1C[C@@H]1CCCCN1C. The van der Waals surface area contributed by atoms with E-state index >= 15 is 0 Å². The fourth-order valence-electron chi connectivity index (χ4n) is 3.54. The van der Waals surface area contributed by atoms with E-state index in [0.29, 0.717) is 22.4 Å². The first kappa shape index (κ1) is 22.1. The molecule has 0 unspecified atom stereocenters. The molecule has 5 nitrogen and oxygen atoms in total. The van der Waals surface area contributed by atoms with Gasteiger partial charge in [0, 0.05) is 28.7 Å². The number of halogens is 1. The van der Waals surface area contributed by atoms with Crippen molar-refractivity contribution in [1.82, 2.24) is 9.47 Å². The van der Waals surface area contributed by atoms with E-state index in [9.17, 15) is 4.79 Å². The van der Waals surface area contributed by atoms with Crippen molar-refractivity contribution >= 4 is 28.8 Å². The molecule has 1 aromatic heterocycles. The molecule has 2 heterocycles. The monoisotopic (exact) mass is 435 g/mol. The predicted octanol–water partition coefficient (Wildman–Crippen LogP) is 4.73. The molecule has 3 rings (SSSR count). The summed E-state index contributed by atoms with van der Waals surface area (Å²) >= 11 is 7.68. The maximum Gasteiger partial charge on any atom is 0.283 e. The number of aromatic nitrogens is 1. The fourth-order valence-corrected chi connectivity index (χ4v) is 4.77. The van der Waals surface area contributed by atoms with Crippen molar-refractivity contribution in [2.24, 2.45) is 4.99 Å². The van der Waals surface area contributed by atoms with Crippen LogP contribution in [-0.2, 0) is 12.0 Å². The zero-order valence-electron chi connectivity index (χ0n) is 17.9. The normalized spacial score (nSPS) is 18.8. The molecule has 1 aliphatic rings. The molecule has 1 aromatic carbocycles. The van der Waals surface area contributed by atoms with Gasteiger partial charge >= 0.3 is 0 Å². The third-order valence-electron chi connectivity index (χ3n) is 5.38. The van der Waals surface area contributed by atoms with E-state index in [1.165, 1.54) is 24.1 Å². The number of likely N-dealkylation sites (N-methyl/N-ethyl adjacent to an activating group) is 1. The summed E-state index contributed by atoms with van der Waals surface area (Å²) in [5.74, 6) is 0.145. The first-order valence-corrected chi connectivity index (χ1v) is 11.2. The van der Waals surface area contributed by atoms with Gasteiger partial charge in [-0.15, -0.1) is 11.3 Å². The van der Waals surface area contributed by atoms with Gasteiger partial charge in [0.2, 0.25) is 0 Å². The van der Waals surface area contributed by atoms with Crippen LogP contribution in [0.25, 0.3) is 0 Å². The highest BCUT2D eigenvalue weighted by Gasteiger charge is 2.23. The maximum absolute atomic E-state index is 13.0. The van der Waals surface area contributed by atoms with Crippen LogP contribution >= 0.6 is 22.9 Å². The number of methoxy groups -OCH3 is 1. The first-order valence-electron chi connectivity index (χ1n) is 10.0. The van der Waals surface area contributed by atoms with Crippen LogP contribution in [0.15, 0.2) is 29.4 Å². The van der Waals surface area contributed by atoms with Gasteiger partial charge in [0.25, 0.3) is 5.91 Å². The highest BCUT2D eigenvalue weighted by Crippen LogP contribution is 2.26. The second kappa shape index (κ2) is 9.02. The Balaban J connectivity index is 2.01. The third kappa shape index (κ3) is 5.30. The van der Waals surface area contributed by atoms with Crippen LogP contribution in [0.2, 0.25) is 5.02 Å². The van der Waals surface area contributed by atoms with Crippen molar-refractivity contribution in [1.29, 1.82) is 0 Å². The van der Waals surface area contributed by atoms with E-state index in [-0.39, 0.29) is 11.3 Å². The zero-order valence-corrected chi connectivity index (χ0v) is 19.4. The number of benzene rings is 1. The molecule has 0 spiro atoms. The smallest absolute Gasteiger partial charge is 0.283 e. The summed E-state index contributed by atoms with van der Waals surface area (Å²) in [6.45, 7) is 8.50. The van der Waals surface area contributed by atoms with Crippen molar-refractivity contribution in [2.75, 3.05) is 20.7 Å². The van der Waals surface area contributed by atoms with Crippen LogP contribution in [-0.4, -0.2) is 42.1 Å². The van der Waals surface area contributed by atoms with Crippen LogP contribution < -0.4 is 9.54 Å². The van der Waals surface area contributed by atoms with Gasteiger partial charge in [-0.2, -0.15) is 4.99 Å². The largest absolute Gasteiger partial charge is 0.496 e. The molecule has 1 fully saturated rings. The molecule has 0 aliphatic carbocycles. The Morgan fingerprint density at radius 1 is 1.34 bits per heavy atom. The number of carbonyl (C=O) groups is 1. The number of hydrogen-bond acceptors (Lipinski definition) is 4. The highest BCUT2D eigenvalue weighted by atomic mass is 35.5. The van der Waals surface area contributed by atoms with Gasteiger partial charge in [0.1, 0.15) is 5.75 Å². The Morgan fingerprint density at radius 3 is 2.76 bits per heavy atom. The number of ether oxygens (including phenoxy) is 1. The lowest BCUT2D eigenvalue weighted by atomic mass is 9.95. The molecule has 1 amide bonds. The van der Waals surface area contributed by atoms with Gasteiger partial charge in [-0.1, -0.05) is 38.8 Å². The zero-order chi connectivity index (χ0) is 21.2. The molecular formula is C22H30ClN3O2S. The van der Waals surface area contributed by atoms with Crippen molar-refractivity contribution in [3.05, 3.63) is 44.7 Å². The Kier molecular flexibility index (Phi) is 6.87. The Bertz CT molecular complexity index is 942. The second-order valence-corrected chi connectivity index (χ2v) is 10.1. The van der Waals surface area contributed by atoms with Gasteiger partial charge in [0.05, 0.1) is 12.7 Å². The molecule has 7 heteroatoms. The Morgan fingerprint density at radius 2 is 2.10 bits per heavy atom. The molecule has 1 saturated heterocycles. The van der Waals surface area contributed by atoms with E-state index in [4.69, 9.17) is 16.3 Å². The number of thiazole rings is 1. The fraction of sp³-hybridized carbons (Fsp3) is 0.545. The average molecular weight is 436 g/mol. The minimum atomic E-state index is -0.336. The van der Waals surface area contributed by atoms with E-state index in [1.54, 1.807) is 36.6 Å². The number of hydrogen-bond donors (Lipinski definition) is 0. The molecule has 0 N–H and O–H groups in total. The predicted molar refractivity (Wildman–Crippen MR) is 119 cm³/mol. The molecule has 0 bridgehead atoms. The van der Waals surface area contributed by atoms with Crippen LogP contribution in [0.5, 0.6) is 5.75 Å². The van der Waals surface area contributed by atoms with Crippen LogP contribution in [0.1, 0.15) is 55.3 Å². The van der Waals surface area contributed by atoms with Crippen LogP contribution in [0.3, 0.4) is 0 Å². The Hall–Kier alpha value is -1.63. The van der Waals surface area contributed by atoms with Crippen molar-refractivity contribution in [3.63, 3.8) is 0 Å². The summed E-state index contributed by atoms with van der Waals surface area (Å²) in [5, 5.41) is 0.489. The standard InChI is InChI=1S/C22H30ClN3O2S/c1-22(2,3)19-14-26(13-16-8-6-7-11-25(16)4)21(29-19)24-20(27)17-12-15(23)9-10-18(17)28-5/h9-10,12,14,16H,6-8,11,13H2,1-5H3/t16-/m0/s1. The summed E-state index contributed by atoms with van der Waals surface area (Å²) in [6.07, 6.45) is 5.82. The number of nitrogens with zero attached hydrogens (tertiary/aromatic N) is 3. The van der Waals surface area contributed by atoms with E-state index in [2.05, 4.69) is 48.5 Å². The van der Waals surface area contributed by atoms with Gasteiger partial charge in [0.15, 0.2) is 4.80 Å². The van der Waals surface area contributed by atoms with Gasteiger partial charge in [-0.25, -0.2) is 0 Å². The van der Waals surface area contributed by atoms with Gasteiger partial charge in [-0.3, -0.25) is 4.79 Å². The number of amides is 1. The van der Waals surface area contributed by atoms with E-state index < -0.39 is 0 Å². The summed E-state index contributed by atoms with van der Waals surface area (Å²) in [5.41, 5.74) is 0.377. The molecular weight excluding hydrogens is 406 g/mol. The number of likely N-dealkylation sites (tertiary alicyclic amines) is 1. The highest BCUT2D eigenvalue weighted by molar-refractivity contribution is 7.09. The number of piperidine rings is 1. The average Bonchev–Trinajstić information content (AvgIpc) is 3.06. The third-order valence-corrected chi connectivity index (χ3v) is 7.06. The first-order chi connectivity index (χ1) is 13.7. The Labute approximate surface area is 182 Å². The minimum Gasteiger partial charge on any atom is -0.496 e.